The molecule has 1 atom stereocenters. The maximum Gasteiger partial charge on any atom is 0.338 e. The summed E-state index contributed by atoms with van der Waals surface area (Å²) < 4.78 is 12.8. The smallest absolute Gasteiger partial charge is 0.338 e. The second-order valence-corrected chi connectivity index (χ2v) is 10.3. The van der Waals surface area contributed by atoms with Crippen molar-refractivity contribution < 1.29 is 8.85 Å². The molecular weight excluding hydrogens is 288 g/mol. The molecule has 132 valence electrons. The molecule has 0 amide bonds. The standard InChI is InChI=1S/C19H40O2Si/c1-5-9-13-18(6-2)16-22(20-7-3,21-8-4)17-19-14-11-10-12-15-19/h18-19H,5-17H2,1-4H3. The lowest BCUT2D eigenvalue weighted by Crippen LogP contribution is -2.45. The molecule has 1 saturated carbocycles. The zero-order valence-electron chi connectivity index (χ0n) is 15.7. The van der Waals surface area contributed by atoms with Crippen molar-refractivity contribution in [2.45, 2.75) is 97.6 Å². The molecule has 0 radical (unpaired) electrons. The van der Waals surface area contributed by atoms with Gasteiger partial charge in [-0.2, -0.15) is 0 Å². The molecule has 3 heteroatoms. The molecule has 1 aliphatic carbocycles. The van der Waals surface area contributed by atoms with Gasteiger partial charge < -0.3 is 8.85 Å². The molecule has 0 spiro atoms. The summed E-state index contributed by atoms with van der Waals surface area (Å²) in [6.07, 6.45) is 12.4. The van der Waals surface area contributed by atoms with E-state index in [1.807, 2.05) is 0 Å². The summed E-state index contributed by atoms with van der Waals surface area (Å²) in [6, 6.07) is 2.47. The van der Waals surface area contributed by atoms with Crippen molar-refractivity contribution in [2.75, 3.05) is 13.2 Å². The van der Waals surface area contributed by atoms with Gasteiger partial charge in [0.1, 0.15) is 0 Å². The number of unbranched alkanes of at least 4 members (excludes halogenated alkanes) is 1. The lowest BCUT2D eigenvalue weighted by molar-refractivity contribution is 0.166. The van der Waals surface area contributed by atoms with E-state index < -0.39 is 8.56 Å². The summed E-state index contributed by atoms with van der Waals surface area (Å²) in [5.41, 5.74) is 0. The van der Waals surface area contributed by atoms with Crippen LogP contribution in [0.15, 0.2) is 0 Å². The van der Waals surface area contributed by atoms with Crippen molar-refractivity contribution in [1.82, 2.24) is 0 Å². The molecule has 0 aromatic heterocycles. The highest BCUT2D eigenvalue weighted by Crippen LogP contribution is 2.36. The maximum absolute atomic E-state index is 6.40. The summed E-state index contributed by atoms with van der Waals surface area (Å²) in [5.74, 6) is 1.66. The van der Waals surface area contributed by atoms with Gasteiger partial charge in [0, 0.05) is 13.2 Å². The zero-order chi connectivity index (χ0) is 16.3. The molecule has 0 N–H and O–H groups in total. The average Bonchev–Trinajstić information content (AvgIpc) is 2.53. The minimum atomic E-state index is -2.02. The van der Waals surface area contributed by atoms with E-state index in [-0.39, 0.29) is 0 Å². The van der Waals surface area contributed by atoms with Crippen LogP contribution in [0.2, 0.25) is 12.1 Å². The van der Waals surface area contributed by atoms with E-state index in [1.54, 1.807) is 0 Å². The molecule has 1 fully saturated rings. The van der Waals surface area contributed by atoms with Crippen LogP contribution in [0.5, 0.6) is 0 Å². The van der Waals surface area contributed by atoms with Gasteiger partial charge in [-0.1, -0.05) is 71.6 Å². The Labute approximate surface area is 140 Å². The summed E-state index contributed by atoms with van der Waals surface area (Å²) in [7, 11) is -2.02. The van der Waals surface area contributed by atoms with Crippen LogP contribution in [0.25, 0.3) is 0 Å². The fourth-order valence-corrected chi connectivity index (χ4v) is 8.53. The van der Waals surface area contributed by atoms with E-state index in [2.05, 4.69) is 27.7 Å². The minimum absolute atomic E-state index is 0.799. The molecule has 1 rings (SSSR count). The SMILES string of the molecule is CCCCC(CC)C[Si](CC1CCCCC1)(OCC)OCC. The number of hydrogen-bond acceptors (Lipinski definition) is 2. The Bertz CT molecular complexity index is 258. The Morgan fingerprint density at radius 3 is 2.09 bits per heavy atom. The van der Waals surface area contributed by atoms with Crippen LogP contribution in [0.1, 0.15) is 85.5 Å². The minimum Gasteiger partial charge on any atom is -0.394 e. The van der Waals surface area contributed by atoms with Crippen molar-refractivity contribution in [1.29, 1.82) is 0 Å². The van der Waals surface area contributed by atoms with Crippen molar-refractivity contribution in [3.8, 4) is 0 Å². The third kappa shape index (κ3) is 7.14. The molecule has 0 saturated heterocycles. The molecule has 1 aliphatic rings. The van der Waals surface area contributed by atoms with Crippen molar-refractivity contribution in [2.24, 2.45) is 11.8 Å². The van der Waals surface area contributed by atoms with Gasteiger partial charge in [0.05, 0.1) is 0 Å². The van der Waals surface area contributed by atoms with Crippen molar-refractivity contribution in [3.05, 3.63) is 0 Å². The van der Waals surface area contributed by atoms with Gasteiger partial charge in [-0.25, -0.2) is 0 Å². The molecule has 2 nitrogen and oxygen atoms in total. The van der Waals surface area contributed by atoms with Gasteiger partial charge in [0.25, 0.3) is 0 Å². The van der Waals surface area contributed by atoms with Gasteiger partial charge in [-0.3, -0.25) is 0 Å². The normalized spacial score (nSPS) is 18.5. The maximum atomic E-state index is 6.40. The molecule has 0 bridgehead atoms. The lowest BCUT2D eigenvalue weighted by atomic mass is 9.91. The second-order valence-electron chi connectivity index (χ2n) is 7.11. The Morgan fingerprint density at radius 2 is 1.59 bits per heavy atom. The Balaban J connectivity index is 2.72. The van der Waals surface area contributed by atoms with E-state index in [4.69, 9.17) is 8.85 Å². The third-order valence-corrected chi connectivity index (χ3v) is 9.31. The molecule has 0 aliphatic heterocycles. The van der Waals surface area contributed by atoms with Gasteiger partial charge in [0.15, 0.2) is 0 Å². The third-order valence-electron chi connectivity index (χ3n) is 5.28. The highest BCUT2D eigenvalue weighted by Gasteiger charge is 2.41. The predicted molar refractivity (Wildman–Crippen MR) is 98.5 cm³/mol. The monoisotopic (exact) mass is 328 g/mol. The van der Waals surface area contributed by atoms with E-state index >= 15 is 0 Å². The summed E-state index contributed by atoms with van der Waals surface area (Å²) in [5, 5.41) is 0. The lowest BCUT2D eigenvalue weighted by Gasteiger charge is -2.36. The fraction of sp³-hybridized carbons (Fsp3) is 1.00. The number of rotatable bonds is 12. The van der Waals surface area contributed by atoms with E-state index in [0.29, 0.717) is 0 Å². The van der Waals surface area contributed by atoms with Crippen molar-refractivity contribution >= 4 is 8.56 Å². The average molecular weight is 329 g/mol. The first-order valence-electron chi connectivity index (χ1n) is 9.97. The molecule has 1 unspecified atom stereocenters. The van der Waals surface area contributed by atoms with Crippen LogP contribution in [0, 0.1) is 11.8 Å². The molecule has 22 heavy (non-hydrogen) atoms. The summed E-state index contributed by atoms with van der Waals surface area (Å²) >= 11 is 0. The predicted octanol–water partition coefficient (Wildman–Crippen LogP) is 6.30. The first-order chi connectivity index (χ1) is 10.7. The molecule has 0 heterocycles. The highest BCUT2D eigenvalue weighted by atomic mass is 28.4. The van der Waals surface area contributed by atoms with Crippen molar-refractivity contribution in [3.63, 3.8) is 0 Å². The Morgan fingerprint density at radius 1 is 0.955 bits per heavy atom. The van der Waals surface area contributed by atoms with Crippen LogP contribution in [-0.2, 0) is 8.85 Å². The first kappa shape index (κ1) is 20.2. The quantitative estimate of drug-likeness (QED) is 0.391. The second kappa shape index (κ2) is 11.6. The van der Waals surface area contributed by atoms with Gasteiger partial charge in [-0.15, -0.1) is 0 Å². The topological polar surface area (TPSA) is 18.5 Å². The fourth-order valence-electron chi connectivity index (χ4n) is 4.10. The van der Waals surface area contributed by atoms with Gasteiger partial charge >= 0.3 is 8.56 Å². The van der Waals surface area contributed by atoms with Crippen LogP contribution < -0.4 is 0 Å². The first-order valence-corrected chi connectivity index (χ1v) is 12.2. The van der Waals surface area contributed by atoms with Crippen LogP contribution in [0.3, 0.4) is 0 Å². The molecule has 0 aromatic rings. The van der Waals surface area contributed by atoms with Crippen LogP contribution in [0.4, 0.5) is 0 Å². The van der Waals surface area contributed by atoms with Gasteiger partial charge in [-0.05, 0) is 37.8 Å². The molecular formula is C19H40O2Si. The zero-order valence-corrected chi connectivity index (χ0v) is 16.7. The van der Waals surface area contributed by atoms with Crippen LogP contribution in [-0.4, -0.2) is 21.8 Å². The van der Waals surface area contributed by atoms with Gasteiger partial charge in [0.2, 0.25) is 0 Å². The number of hydrogen-bond donors (Lipinski definition) is 0. The summed E-state index contributed by atoms with van der Waals surface area (Å²) in [6.45, 7) is 10.6. The largest absolute Gasteiger partial charge is 0.394 e. The highest BCUT2D eigenvalue weighted by molar-refractivity contribution is 6.67. The van der Waals surface area contributed by atoms with E-state index in [9.17, 15) is 0 Å². The summed E-state index contributed by atoms with van der Waals surface area (Å²) in [4.78, 5) is 0. The molecule has 0 aromatic carbocycles. The van der Waals surface area contributed by atoms with E-state index in [1.165, 1.54) is 69.9 Å². The Hall–Kier alpha value is 0.137. The Kier molecular flexibility index (Phi) is 10.7. The van der Waals surface area contributed by atoms with Crippen LogP contribution >= 0.6 is 0 Å². The van der Waals surface area contributed by atoms with E-state index in [0.717, 1.165) is 25.0 Å².